The van der Waals surface area contributed by atoms with Gasteiger partial charge in [0.2, 0.25) is 5.91 Å². The SMILES string of the molecule is CNC(=O)CCC(C=O)c1ccc(N2CCC(CCN3CCC(N(C)C(=O)C4(OC)CCN(C(/C=C(\N)c5ccccc5O)=C/N)CC4)CC3)CC2)cc1F. The minimum atomic E-state index is -0.899. The number of aromatic hydroxyl groups is 1. The van der Waals surface area contributed by atoms with Crippen molar-refractivity contribution >= 4 is 29.5 Å². The van der Waals surface area contributed by atoms with Gasteiger partial charge in [0.25, 0.3) is 5.91 Å². The van der Waals surface area contributed by atoms with Gasteiger partial charge in [0.05, 0.1) is 5.70 Å². The van der Waals surface area contributed by atoms with Crippen molar-refractivity contribution < 1.29 is 28.6 Å². The number of carbonyl (C=O) groups excluding carboxylic acids is 3. The molecule has 13 heteroatoms. The zero-order valence-corrected chi connectivity index (χ0v) is 32.7. The minimum Gasteiger partial charge on any atom is -0.507 e. The lowest BCUT2D eigenvalue weighted by Crippen LogP contribution is -2.58. The molecule has 0 radical (unpaired) electrons. The number of ether oxygens (including phenoxy) is 1. The van der Waals surface area contributed by atoms with E-state index in [1.165, 1.54) is 12.3 Å². The Kier molecular flexibility index (Phi) is 14.6. The molecule has 5 rings (SSSR count). The number of amides is 2. The average Bonchev–Trinajstić information content (AvgIpc) is 3.22. The summed E-state index contributed by atoms with van der Waals surface area (Å²) in [4.78, 5) is 46.0. The van der Waals surface area contributed by atoms with Gasteiger partial charge in [-0.05, 0) is 86.9 Å². The van der Waals surface area contributed by atoms with Gasteiger partial charge < -0.3 is 51.0 Å². The van der Waals surface area contributed by atoms with E-state index in [4.69, 9.17) is 16.2 Å². The molecule has 0 saturated carbocycles. The molecule has 2 aromatic rings. The number of likely N-dealkylation sites (tertiary alicyclic amines) is 2. The summed E-state index contributed by atoms with van der Waals surface area (Å²) in [6.45, 7) is 5.78. The number of hydrogen-bond acceptors (Lipinski definition) is 10. The van der Waals surface area contributed by atoms with Crippen LogP contribution in [0.2, 0.25) is 0 Å². The predicted molar refractivity (Wildman–Crippen MR) is 213 cm³/mol. The molecule has 3 fully saturated rings. The highest BCUT2D eigenvalue weighted by Gasteiger charge is 2.45. The Hall–Kier alpha value is -4.62. The number of methoxy groups -OCH3 is 1. The molecule has 0 bridgehead atoms. The molecular formula is C42H60FN7O5. The molecule has 2 amide bonds. The van der Waals surface area contributed by atoms with Crippen molar-refractivity contribution in [1.29, 1.82) is 0 Å². The quantitative estimate of drug-likeness (QED) is 0.154. The van der Waals surface area contributed by atoms with E-state index in [0.717, 1.165) is 82.5 Å². The standard InChI is InChI=1S/C42H60FN7O5/c1-46-40(53)11-8-31(29-51)35-10-9-33(26-37(35)43)49-22-13-30(14-23-49)12-19-48-20-15-32(16-21-48)47(2)41(54)42(55-3)17-24-50(25-18-42)34(28-44)27-38(45)36-6-4-5-7-39(36)52/h4-7,9-10,26-32,52H,8,11-25,44-45H2,1-3H3,(H,46,53)/b34-28+,38-27-. The molecule has 3 saturated heterocycles. The van der Waals surface area contributed by atoms with E-state index in [1.807, 2.05) is 24.1 Å². The maximum absolute atomic E-state index is 15.1. The van der Waals surface area contributed by atoms with Crippen molar-refractivity contribution in [2.45, 2.75) is 75.3 Å². The minimum absolute atomic E-state index is 0.0292. The molecule has 0 aromatic heterocycles. The molecule has 3 aliphatic rings. The lowest BCUT2D eigenvalue weighted by atomic mass is 9.88. The summed E-state index contributed by atoms with van der Waals surface area (Å²) in [6.07, 6.45) is 10.5. The Balaban J connectivity index is 1.04. The number of likely N-dealkylation sites (N-methyl/N-ethyl adjacent to an activating group) is 1. The lowest BCUT2D eigenvalue weighted by Gasteiger charge is -2.45. The zero-order chi connectivity index (χ0) is 39.5. The number of rotatable bonds is 15. The van der Waals surface area contributed by atoms with E-state index in [2.05, 4.69) is 20.0 Å². The molecule has 3 aliphatic heterocycles. The average molecular weight is 762 g/mol. The number of anilines is 1. The van der Waals surface area contributed by atoms with Crippen LogP contribution < -0.4 is 21.7 Å². The molecule has 55 heavy (non-hydrogen) atoms. The summed E-state index contributed by atoms with van der Waals surface area (Å²) in [5, 5.41) is 12.8. The van der Waals surface area contributed by atoms with Gasteiger partial charge in [0.15, 0.2) is 0 Å². The van der Waals surface area contributed by atoms with Crippen molar-refractivity contribution in [2.24, 2.45) is 17.4 Å². The number of benzene rings is 2. The summed E-state index contributed by atoms with van der Waals surface area (Å²) in [5.41, 5.74) is 14.3. The van der Waals surface area contributed by atoms with Crippen LogP contribution in [0.5, 0.6) is 5.75 Å². The summed E-state index contributed by atoms with van der Waals surface area (Å²) in [5.74, 6) is -0.477. The van der Waals surface area contributed by atoms with Crippen LogP contribution in [0.15, 0.2) is 60.4 Å². The highest BCUT2D eigenvalue weighted by atomic mass is 19.1. The van der Waals surface area contributed by atoms with Crippen molar-refractivity contribution in [2.75, 3.05) is 71.9 Å². The van der Waals surface area contributed by atoms with E-state index in [-0.39, 0.29) is 36.4 Å². The number of hydrogen-bond donors (Lipinski definition) is 4. The predicted octanol–water partition coefficient (Wildman–Crippen LogP) is 4.15. The van der Waals surface area contributed by atoms with Crippen LogP contribution in [0.1, 0.15) is 74.8 Å². The number of nitrogens with zero attached hydrogens (tertiary/aromatic N) is 4. The molecule has 1 atom stereocenters. The fourth-order valence-electron chi connectivity index (χ4n) is 8.42. The number of carbonyl (C=O) groups is 3. The van der Waals surface area contributed by atoms with Crippen LogP contribution in [0.4, 0.5) is 10.1 Å². The van der Waals surface area contributed by atoms with Gasteiger partial charge >= 0.3 is 0 Å². The van der Waals surface area contributed by atoms with Gasteiger partial charge in [-0.1, -0.05) is 18.2 Å². The second-order valence-corrected chi connectivity index (χ2v) is 15.3. The normalized spacial score (nSPS) is 19.6. The number of phenols is 1. The molecule has 3 heterocycles. The van der Waals surface area contributed by atoms with Crippen molar-refractivity contribution in [3.8, 4) is 5.75 Å². The van der Waals surface area contributed by atoms with Crippen LogP contribution in [-0.2, 0) is 19.1 Å². The van der Waals surface area contributed by atoms with Crippen LogP contribution in [-0.4, -0.2) is 117 Å². The maximum atomic E-state index is 15.1. The number of halogens is 1. The number of nitrogens with one attached hydrogen (secondary N) is 1. The second-order valence-electron chi connectivity index (χ2n) is 15.3. The number of piperidine rings is 3. The van der Waals surface area contributed by atoms with E-state index in [0.29, 0.717) is 48.7 Å². The van der Waals surface area contributed by atoms with Gasteiger partial charge in [0, 0.05) is 115 Å². The van der Waals surface area contributed by atoms with Gasteiger partial charge in [0.1, 0.15) is 23.5 Å². The highest BCUT2D eigenvalue weighted by Crippen LogP contribution is 2.33. The summed E-state index contributed by atoms with van der Waals surface area (Å²) < 4.78 is 21.1. The number of allylic oxidation sites excluding steroid dienone is 1. The van der Waals surface area contributed by atoms with Gasteiger partial charge in [-0.25, -0.2) is 4.39 Å². The van der Waals surface area contributed by atoms with Crippen molar-refractivity contribution in [3.05, 3.63) is 77.4 Å². The van der Waals surface area contributed by atoms with Gasteiger partial charge in [-0.15, -0.1) is 0 Å². The fourth-order valence-corrected chi connectivity index (χ4v) is 8.42. The number of phenolic OH excluding ortho intramolecular Hbond substituents is 1. The molecule has 300 valence electrons. The molecule has 0 spiro atoms. The maximum Gasteiger partial charge on any atom is 0.254 e. The monoisotopic (exact) mass is 761 g/mol. The van der Waals surface area contributed by atoms with Crippen molar-refractivity contribution in [1.82, 2.24) is 20.0 Å². The Morgan fingerprint density at radius 2 is 1.76 bits per heavy atom. The Bertz CT molecular complexity index is 1680. The smallest absolute Gasteiger partial charge is 0.254 e. The van der Waals surface area contributed by atoms with E-state index in [9.17, 15) is 19.5 Å². The van der Waals surface area contributed by atoms with Crippen LogP contribution >= 0.6 is 0 Å². The molecule has 2 aromatic carbocycles. The Morgan fingerprint density at radius 3 is 2.36 bits per heavy atom. The topological polar surface area (TPSA) is 158 Å². The third kappa shape index (κ3) is 10.2. The summed E-state index contributed by atoms with van der Waals surface area (Å²) in [6, 6.07) is 12.2. The third-order valence-corrected chi connectivity index (χ3v) is 12.2. The van der Waals surface area contributed by atoms with E-state index < -0.39 is 17.3 Å². The van der Waals surface area contributed by atoms with Gasteiger partial charge in [-0.2, -0.15) is 0 Å². The van der Waals surface area contributed by atoms with E-state index in [1.54, 1.807) is 44.5 Å². The van der Waals surface area contributed by atoms with Crippen LogP contribution in [0, 0.1) is 11.7 Å². The summed E-state index contributed by atoms with van der Waals surface area (Å²) in [7, 11) is 5.09. The molecule has 0 aliphatic carbocycles. The largest absolute Gasteiger partial charge is 0.507 e. The number of aldehydes is 1. The zero-order valence-electron chi connectivity index (χ0n) is 32.7. The van der Waals surface area contributed by atoms with Crippen LogP contribution in [0.25, 0.3) is 5.70 Å². The fraction of sp³-hybridized carbons (Fsp3) is 0.548. The Labute approximate surface area is 325 Å². The lowest BCUT2D eigenvalue weighted by molar-refractivity contribution is -0.162. The van der Waals surface area contributed by atoms with Gasteiger partial charge in [-0.3, -0.25) is 9.59 Å². The third-order valence-electron chi connectivity index (χ3n) is 12.2. The number of nitrogens with two attached hydrogens (primary N) is 2. The first-order valence-electron chi connectivity index (χ1n) is 19.7. The molecule has 6 N–H and O–H groups in total. The molecule has 1 unspecified atom stereocenters. The molecule has 12 nitrogen and oxygen atoms in total. The second kappa shape index (κ2) is 19.3. The van der Waals surface area contributed by atoms with Crippen LogP contribution in [0.3, 0.4) is 0 Å². The molecular weight excluding hydrogens is 702 g/mol. The summed E-state index contributed by atoms with van der Waals surface area (Å²) >= 11 is 0. The first kappa shape index (κ1) is 41.5. The van der Waals surface area contributed by atoms with Crippen molar-refractivity contribution in [3.63, 3.8) is 0 Å². The van der Waals surface area contributed by atoms with E-state index >= 15 is 4.39 Å². The highest BCUT2D eigenvalue weighted by molar-refractivity contribution is 5.85. The first-order chi connectivity index (χ1) is 26.5. The first-order valence-corrected chi connectivity index (χ1v) is 19.7. The Morgan fingerprint density at radius 1 is 1.07 bits per heavy atom. The number of para-hydroxylation sites is 1.